The van der Waals surface area contributed by atoms with Gasteiger partial charge in [-0.1, -0.05) is 31.2 Å². The number of pyridine rings is 1. The van der Waals surface area contributed by atoms with Crippen LogP contribution >= 0.6 is 23.4 Å². The minimum absolute atomic E-state index is 0.115. The van der Waals surface area contributed by atoms with Crippen molar-refractivity contribution < 1.29 is 14.3 Å². The van der Waals surface area contributed by atoms with E-state index in [1.165, 1.54) is 17.9 Å². The summed E-state index contributed by atoms with van der Waals surface area (Å²) in [6, 6.07) is 3.54. The number of nitrogens with zero attached hydrogens (tertiary/aromatic N) is 1. The highest BCUT2D eigenvalue weighted by Crippen LogP contribution is 2.51. The van der Waals surface area contributed by atoms with Gasteiger partial charge in [0, 0.05) is 46.7 Å². The van der Waals surface area contributed by atoms with Gasteiger partial charge < -0.3 is 24.7 Å². The van der Waals surface area contributed by atoms with Crippen LogP contribution in [0, 0.1) is 19.8 Å². The Hall–Kier alpha value is -1.94. The average molecular weight is 564 g/mol. The van der Waals surface area contributed by atoms with E-state index >= 15 is 0 Å². The second-order valence-corrected chi connectivity index (χ2v) is 18.2. The van der Waals surface area contributed by atoms with E-state index in [0.717, 1.165) is 36.5 Å². The minimum atomic E-state index is -1.15. The van der Waals surface area contributed by atoms with Crippen LogP contribution in [-0.4, -0.2) is 55.2 Å². The number of carbonyl (C=O) groups excluding carboxylic acids is 1. The van der Waals surface area contributed by atoms with Crippen LogP contribution in [0.15, 0.2) is 21.8 Å². The maximum Gasteiger partial charge on any atom is 0.254 e. The number of ether oxygens (including phenoxy) is 2. The number of rotatable bonds is 7. The molecule has 1 aromatic heterocycles. The molecular formula is C27H38ClN3O4SSi. The number of likely N-dealkylation sites (tertiary alicyclic amines) is 1. The fourth-order valence-corrected chi connectivity index (χ4v) is 7.93. The summed E-state index contributed by atoms with van der Waals surface area (Å²) in [5.41, 5.74) is 2.21. The number of aryl methyl sites for hydroxylation is 1. The molecule has 10 heteroatoms. The number of aromatic nitrogens is 1. The van der Waals surface area contributed by atoms with Crippen molar-refractivity contribution in [2.45, 2.75) is 70.5 Å². The van der Waals surface area contributed by atoms with Crippen LogP contribution in [0.2, 0.25) is 24.7 Å². The SMILES string of the molecule is CSc1cc(C)[nH]c(=O)c1CNC(=O)c1cc(Cl)c2c(c1C)O[C@@](C)(C1CCN(C[Si](C)(C)C)CC1)O2. The molecular weight excluding hydrogens is 526 g/mol. The van der Waals surface area contributed by atoms with Gasteiger partial charge in [-0.15, -0.1) is 11.8 Å². The topological polar surface area (TPSA) is 83.7 Å². The number of hydrogen-bond donors (Lipinski definition) is 2. The fraction of sp³-hybridized carbons (Fsp3) is 0.556. The van der Waals surface area contributed by atoms with E-state index in [-0.39, 0.29) is 23.9 Å². The smallest absolute Gasteiger partial charge is 0.254 e. The number of carbonyl (C=O) groups is 1. The molecule has 1 fully saturated rings. The first-order chi connectivity index (χ1) is 17.3. The van der Waals surface area contributed by atoms with E-state index in [4.69, 9.17) is 21.1 Å². The van der Waals surface area contributed by atoms with Gasteiger partial charge >= 0.3 is 0 Å². The van der Waals surface area contributed by atoms with Crippen molar-refractivity contribution in [3.63, 3.8) is 0 Å². The molecule has 1 saturated heterocycles. The Balaban J connectivity index is 1.49. The van der Waals surface area contributed by atoms with E-state index in [1.807, 2.05) is 33.1 Å². The molecule has 0 aliphatic carbocycles. The highest BCUT2D eigenvalue weighted by molar-refractivity contribution is 7.98. The third kappa shape index (κ3) is 6.05. The van der Waals surface area contributed by atoms with Crippen molar-refractivity contribution in [2.24, 2.45) is 5.92 Å². The van der Waals surface area contributed by atoms with E-state index in [2.05, 4.69) is 34.8 Å². The number of H-pyrrole nitrogens is 1. The molecule has 2 N–H and O–H groups in total. The molecule has 1 amide bonds. The molecule has 202 valence electrons. The Morgan fingerprint density at radius 1 is 1.22 bits per heavy atom. The number of thioether (sulfide) groups is 1. The second kappa shape index (κ2) is 10.7. The summed E-state index contributed by atoms with van der Waals surface area (Å²) in [6.07, 6.45) is 5.09. The highest BCUT2D eigenvalue weighted by atomic mass is 35.5. The normalized spacial score (nSPS) is 20.3. The Bertz CT molecular complexity index is 1250. The van der Waals surface area contributed by atoms with Crippen LogP contribution in [0.3, 0.4) is 0 Å². The van der Waals surface area contributed by atoms with E-state index in [1.54, 1.807) is 6.07 Å². The molecule has 2 aliphatic rings. The molecule has 0 saturated carbocycles. The summed E-state index contributed by atoms with van der Waals surface area (Å²) < 4.78 is 12.8. The lowest BCUT2D eigenvalue weighted by atomic mass is 9.89. The molecule has 0 spiro atoms. The van der Waals surface area contributed by atoms with E-state index < -0.39 is 13.9 Å². The molecule has 1 aromatic carbocycles. The predicted molar refractivity (Wildman–Crippen MR) is 153 cm³/mol. The predicted octanol–water partition coefficient (Wildman–Crippen LogP) is 5.37. The van der Waals surface area contributed by atoms with Gasteiger partial charge in [0.25, 0.3) is 17.3 Å². The zero-order valence-electron chi connectivity index (χ0n) is 22.8. The monoisotopic (exact) mass is 563 g/mol. The summed E-state index contributed by atoms with van der Waals surface area (Å²) in [5.74, 6) is 0.124. The molecule has 4 rings (SSSR count). The Morgan fingerprint density at radius 3 is 2.49 bits per heavy atom. The first-order valence-corrected chi connectivity index (χ1v) is 18.1. The first-order valence-electron chi connectivity index (χ1n) is 12.8. The third-order valence-corrected chi connectivity index (χ3v) is 9.68. The number of aromatic amines is 1. The zero-order valence-corrected chi connectivity index (χ0v) is 25.4. The highest BCUT2D eigenvalue weighted by Gasteiger charge is 2.47. The standard InChI is InChI=1S/C27H38ClN3O4SSi/c1-16-12-22(36-4)20(26(33)30-16)14-29-25(32)19-13-21(28)24-23(17(19)2)34-27(3,35-24)18-8-10-31(11-9-18)15-37(5,6)7/h12-13,18H,8-11,14-15H2,1-7H3,(H,29,32)(H,30,33)/t27-/m1/s1. The van der Waals surface area contributed by atoms with Crippen molar-refractivity contribution in [2.75, 3.05) is 25.5 Å². The first kappa shape index (κ1) is 28.1. The maximum absolute atomic E-state index is 13.2. The number of nitrogens with one attached hydrogen (secondary N) is 2. The van der Waals surface area contributed by atoms with Gasteiger partial charge in [-0.2, -0.15) is 0 Å². The molecule has 0 bridgehead atoms. The molecule has 37 heavy (non-hydrogen) atoms. The summed E-state index contributed by atoms with van der Waals surface area (Å²) >= 11 is 8.09. The number of amides is 1. The maximum atomic E-state index is 13.2. The number of benzene rings is 1. The number of halogens is 1. The Labute approximate surface area is 229 Å². The number of fused-ring (bicyclic) bond motifs is 1. The van der Waals surface area contributed by atoms with Crippen molar-refractivity contribution in [3.8, 4) is 11.5 Å². The van der Waals surface area contributed by atoms with Crippen molar-refractivity contribution in [3.05, 3.63) is 49.9 Å². The molecule has 0 radical (unpaired) electrons. The van der Waals surface area contributed by atoms with Gasteiger partial charge in [0.2, 0.25) is 0 Å². The zero-order chi connectivity index (χ0) is 27.1. The lowest BCUT2D eigenvalue weighted by Gasteiger charge is -2.40. The molecule has 7 nitrogen and oxygen atoms in total. The summed E-state index contributed by atoms with van der Waals surface area (Å²) in [7, 11) is -1.15. The third-order valence-electron chi connectivity index (χ3n) is 7.20. The fourth-order valence-electron chi connectivity index (χ4n) is 5.33. The second-order valence-electron chi connectivity index (χ2n) is 11.5. The van der Waals surface area contributed by atoms with Gasteiger partial charge in [-0.3, -0.25) is 9.59 Å². The summed E-state index contributed by atoms with van der Waals surface area (Å²) in [6.45, 7) is 15.1. The Morgan fingerprint density at radius 2 is 1.86 bits per heavy atom. The van der Waals surface area contributed by atoms with Gasteiger partial charge in [0.05, 0.1) is 13.1 Å². The van der Waals surface area contributed by atoms with E-state index in [9.17, 15) is 9.59 Å². The van der Waals surface area contributed by atoms with Gasteiger partial charge in [0.15, 0.2) is 11.5 Å². The minimum Gasteiger partial charge on any atom is -0.448 e. The molecule has 2 aliphatic heterocycles. The van der Waals surface area contributed by atoms with Crippen molar-refractivity contribution in [1.82, 2.24) is 15.2 Å². The van der Waals surface area contributed by atoms with Gasteiger partial charge in [-0.25, -0.2) is 0 Å². The lowest BCUT2D eigenvalue weighted by Crippen LogP contribution is -2.51. The van der Waals surface area contributed by atoms with Crippen molar-refractivity contribution in [1.29, 1.82) is 0 Å². The van der Waals surface area contributed by atoms with Gasteiger partial charge in [0.1, 0.15) is 0 Å². The number of piperidine rings is 1. The van der Waals surface area contributed by atoms with Gasteiger partial charge in [-0.05, 0) is 64.3 Å². The van der Waals surface area contributed by atoms with E-state index in [0.29, 0.717) is 33.2 Å². The number of hydrogen-bond acceptors (Lipinski definition) is 6. The molecule has 3 heterocycles. The van der Waals surface area contributed by atoms with Crippen molar-refractivity contribution >= 4 is 37.3 Å². The van der Waals surface area contributed by atoms with Crippen LogP contribution in [0.1, 0.15) is 46.9 Å². The lowest BCUT2D eigenvalue weighted by molar-refractivity contribution is -0.124. The summed E-state index contributed by atoms with van der Waals surface area (Å²) in [5, 5.41) is 3.24. The van der Waals surface area contributed by atoms with Crippen LogP contribution in [0.25, 0.3) is 0 Å². The Kier molecular flexibility index (Phi) is 8.10. The molecule has 1 atom stereocenters. The molecule has 0 unspecified atom stereocenters. The van der Waals surface area contributed by atoms with Crippen LogP contribution < -0.4 is 20.3 Å². The van der Waals surface area contributed by atoms with Crippen LogP contribution in [0.4, 0.5) is 0 Å². The largest absolute Gasteiger partial charge is 0.448 e. The van der Waals surface area contributed by atoms with Crippen LogP contribution in [-0.2, 0) is 6.54 Å². The molecule has 2 aromatic rings. The summed E-state index contributed by atoms with van der Waals surface area (Å²) in [4.78, 5) is 31.9. The van der Waals surface area contributed by atoms with Crippen LogP contribution in [0.5, 0.6) is 11.5 Å². The quantitative estimate of drug-likeness (QED) is 0.348. The average Bonchev–Trinajstić information content (AvgIpc) is 3.19.